The number of halogens is 3. The van der Waals surface area contributed by atoms with E-state index in [-0.39, 0.29) is 31.2 Å². The number of fused-ring (bicyclic) bond motifs is 5. The smallest absolute Gasteiger partial charge is 0.427 e. The number of carbonyl (C=O) groups excluding carboxylic acids is 4. The van der Waals surface area contributed by atoms with Gasteiger partial charge in [-0.15, -0.1) is 0 Å². The molecule has 1 saturated heterocycles. The summed E-state index contributed by atoms with van der Waals surface area (Å²) in [6.07, 6.45) is 0.607. The molecule has 0 spiro atoms. The molecule has 59 heavy (non-hydrogen) atoms. The van der Waals surface area contributed by atoms with Crippen molar-refractivity contribution in [3.05, 3.63) is 36.5 Å². The van der Waals surface area contributed by atoms with E-state index in [4.69, 9.17) is 18.9 Å². The second kappa shape index (κ2) is 16.0. The highest BCUT2D eigenvalue weighted by atomic mass is 32.2. The van der Waals surface area contributed by atoms with Gasteiger partial charge in [-0.05, 0) is 82.4 Å². The summed E-state index contributed by atoms with van der Waals surface area (Å²) in [7, 11) is -3.99. The maximum Gasteiger partial charge on any atom is 0.427 e. The number of hydrogen-bond donors (Lipinski definition) is 3. The zero-order valence-corrected chi connectivity index (χ0v) is 34.1. The number of hydrogen-bond acceptors (Lipinski definition) is 11. The number of allylic oxidation sites excluding steroid dienone is 1. The number of sulfonamides is 1. The van der Waals surface area contributed by atoms with E-state index >= 15 is 0 Å². The van der Waals surface area contributed by atoms with Gasteiger partial charge in [0.05, 0.1) is 11.8 Å². The van der Waals surface area contributed by atoms with Crippen LogP contribution in [0.5, 0.6) is 17.4 Å². The minimum Gasteiger partial charge on any atom is -0.486 e. The van der Waals surface area contributed by atoms with E-state index in [0.717, 1.165) is 0 Å². The monoisotopic (exact) mass is 849 g/mol. The van der Waals surface area contributed by atoms with Crippen molar-refractivity contribution in [1.29, 1.82) is 0 Å². The maximum atomic E-state index is 14.9. The summed E-state index contributed by atoms with van der Waals surface area (Å²) in [5.74, 6) is -2.38. The first-order valence-corrected chi connectivity index (χ1v) is 21.6. The molecule has 3 aliphatic heterocycles. The molecule has 1 aromatic heterocycles. The Morgan fingerprint density at radius 3 is 2.53 bits per heavy atom. The third-order valence-electron chi connectivity index (χ3n) is 12.0. The summed E-state index contributed by atoms with van der Waals surface area (Å²) in [5, 5.41) is 5.74. The van der Waals surface area contributed by atoms with Crippen LogP contribution in [-0.2, 0) is 29.1 Å². The normalized spacial score (nSPS) is 29.5. The number of aromatic nitrogens is 1. The summed E-state index contributed by atoms with van der Waals surface area (Å²) in [6.45, 7) is 5.64. The third kappa shape index (κ3) is 8.75. The van der Waals surface area contributed by atoms with Gasteiger partial charge in [0.15, 0.2) is 11.5 Å². The third-order valence-corrected chi connectivity index (χ3v) is 13.8. The Kier molecular flexibility index (Phi) is 11.5. The van der Waals surface area contributed by atoms with E-state index in [2.05, 4.69) is 20.3 Å². The first kappa shape index (κ1) is 42.3. The minimum atomic E-state index is -4.92. The van der Waals surface area contributed by atoms with Crippen LogP contribution in [0.4, 0.5) is 18.0 Å². The van der Waals surface area contributed by atoms with Crippen molar-refractivity contribution in [3.63, 3.8) is 0 Å². The van der Waals surface area contributed by atoms with Gasteiger partial charge >= 0.3 is 12.3 Å². The molecule has 0 unspecified atom stereocenters. The molecule has 7 atom stereocenters. The van der Waals surface area contributed by atoms with Gasteiger partial charge in [0.25, 0.3) is 5.91 Å². The molecule has 2 aromatic rings. The maximum absolute atomic E-state index is 14.9. The number of amides is 4. The van der Waals surface area contributed by atoms with E-state index in [0.29, 0.717) is 87.9 Å². The van der Waals surface area contributed by atoms with Crippen molar-refractivity contribution in [3.8, 4) is 17.4 Å². The van der Waals surface area contributed by atoms with E-state index in [1.165, 1.54) is 11.1 Å². The lowest BCUT2D eigenvalue weighted by atomic mass is 9.85. The van der Waals surface area contributed by atoms with Crippen LogP contribution in [0.3, 0.4) is 0 Å². The van der Waals surface area contributed by atoms with Crippen molar-refractivity contribution >= 4 is 44.6 Å². The molecule has 15 nitrogen and oxygen atoms in total. The average molecular weight is 850 g/mol. The predicted molar refractivity (Wildman–Crippen MR) is 206 cm³/mol. The van der Waals surface area contributed by atoms with Crippen LogP contribution in [0.15, 0.2) is 36.5 Å². The summed E-state index contributed by atoms with van der Waals surface area (Å²) in [6, 6.07) is 2.45. The zero-order valence-electron chi connectivity index (χ0n) is 33.3. The highest BCUT2D eigenvalue weighted by Gasteiger charge is 2.62. The van der Waals surface area contributed by atoms with Gasteiger partial charge in [-0.25, -0.2) is 18.2 Å². The van der Waals surface area contributed by atoms with Crippen LogP contribution in [0, 0.1) is 17.8 Å². The van der Waals surface area contributed by atoms with Crippen LogP contribution < -0.4 is 29.6 Å². The van der Waals surface area contributed by atoms with Crippen LogP contribution >= 0.6 is 0 Å². The lowest BCUT2D eigenvalue weighted by Crippen LogP contribution is -2.59. The number of rotatable bonds is 8. The van der Waals surface area contributed by atoms with Crippen molar-refractivity contribution < 1.29 is 59.7 Å². The van der Waals surface area contributed by atoms with Crippen molar-refractivity contribution in [2.75, 3.05) is 19.8 Å². The van der Waals surface area contributed by atoms with Crippen molar-refractivity contribution in [2.24, 2.45) is 17.8 Å². The van der Waals surface area contributed by atoms with Gasteiger partial charge in [0.1, 0.15) is 36.9 Å². The first-order valence-electron chi connectivity index (χ1n) is 20.1. The van der Waals surface area contributed by atoms with Crippen molar-refractivity contribution in [1.82, 2.24) is 25.2 Å². The van der Waals surface area contributed by atoms with E-state index in [9.17, 15) is 40.8 Å². The molecule has 5 aliphatic rings. The van der Waals surface area contributed by atoms with Crippen LogP contribution in [-0.4, -0.2) is 103 Å². The van der Waals surface area contributed by atoms with E-state index in [1.807, 2.05) is 13.0 Å². The Morgan fingerprint density at radius 2 is 1.81 bits per heavy atom. The van der Waals surface area contributed by atoms with Gasteiger partial charge < -0.3 is 34.5 Å². The molecule has 7 rings (SSSR count). The molecular formula is C40H50F3N5O10S. The Labute approximate surface area is 340 Å². The topological polar surface area (TPSA) is 192 Å². The predicted octanol–water partition coefficient (Wildman–Crippen LogP) is 4.68. The molecule has 1 aromatic carbocycles. The summed E-state index contributed by atoms with van der Waals surface area (Å²) < 4.78 is 92.3. The second-order valence-electron chi connectivity index (χ2n) is 16.8. The van der Waals surface area contributed by atoms with Gasteiger partial charge in [0, 0.05) is 29.3 Å². The summed E-state index contributed by atoms with van der Waals surface area (Å²) in [5.41, 5.74) is -4.52. The average Bonchev–Trinajstić information content (AvgIpc) is 4.10. The first-order chi connectivity index (χ1) is 27.8. The number of carbonyl (C=O) groups is 4. The standard InChI is InChI=1S/C40H50F3N5O10S/c1-5-23-18-22(2)8-6-7-9-24-20-39(24,36(51)47-59(53,54)26-10-11-26)46-33(49)29-19-25(21-48(29)35(50)31(23)45-37(52)58-38(3,4)40(41,42)43)57-34-28-12-13-30-32(56-17-16-55-30)27(28)14-15-44-34/h7,9,12-15,22-26,29,31H,5-6,8,10-11,16-21H2,1-4H3,(H,45,52)(H,46,49)(H,47,51)/b9-7-/t22-,23+,24+,25+,29-,31-,39+/m0/s1. The summed E-state index contributed by atoms with van der Waals surface area (Å²) >= 11 is 0. The number of alkyl carbamates (subject to hydrolysis) is 1. The highest BCUT2D eigenvalue weighted by Crippen LogP contribution is 2.47. The number of alkyl halides is 3. The van der Waals surface area contributed by atoms with E-state index < -0.39 is 86.4 Å². The molecule has 2 aliphatic carbocycles. The summed E-state index contributed by atoms with van der Waals surface area (Å²) in [4.78, 5) is 62.2. The quantitative estimate of drug-likeness (QED) is 0.313. The van der Waals surface area contributed by atoms with Gasteiger partial charge in [-0.2, -0.15) is 13.2 Å². The fourth-order valence-electron chi connectivity index (χ4n) is 8.15. The van der Waals surface area contributed by atoms with Gasteiger partial charge in [-0.1, -0.05) is 32.4 Å². The molecule has 2 saturated carbocycles. The zero-order chi connectivity index (χ0) is 42.5. The van der Waals surface area contributed by atoms with Gasteiger partial charge in [0.2, 0.25) is 33.3 Å². The van der Waals surface area contributed by atoms with Crippen LogP contribution in [0.25, 0.3) is 10.8 Å². The van der Waals surface area contributed by atoms with E-state index in [1.54, 1.807) is 31.2 Å². The molecule has 4 heterocycles. The Morgan fingerprint density at radius 1 is 1.07 bits per heavy atom. The Bertz CT molecular complexity index is 2130. The second-order valence-corrected chi connectivity index (χ2v) is 18.7. The lowest BCUT2D eigenvalue weighted by molar-refractivity contribution is -0.244. The van der Waals surface area contributed by atoms with Crippen LogP contribution in [0.2, 0.25) is 0 Å². The highest BCUT2D eigenvalue weighted by molar-refractivity contribution is 7.91. The fraction of sp³-hybridized carbons (Fsp3) is 0.625. The number of pyridine rings is 1. The Balaban J connectivity index is 1.24. The number of benzene rings is 1. The molecular weight excluding hydrogens is 800 g/mol. The number of nitrogens with one attached hydrogen (secondary N) is 3. The molecule has 322 valence electrons. The van der Waals surface area contributed by atoms with Crippen molar-refractivity contribution in [2.45, 2.75) is 120 Å². The molecule has 0 radical (unpaired) electrons. The molecule has 3 fully saturated rings. The molecule has 3 N–H and O–H groups in total. The van der Waals surface area contributed by atoms with Gasteiger partial charge in [-0.3, -0.25) is 19.1 Å². The molecule has 19 heteroatoms. The number of ether oxygens (including phenoxy) is 4. The minimum absolute atomic E-state index is 0.0341. The largest absolute Gasteiger partial charge is 0.486 e. The molecule has 0 bridgehead atoms. The lowest BCUT2D eigenvalue weighted by Gasteiger charge is -2.35. The molecule has 4 amide bonds. The van der Waals surface area contributed by atoms with Crippen LogP contribution in [0.1, 0.15) is 79.1 Å². The SMILES string of the molecule is CC[C@@H]1C[C@@H](C)CC/C=C\[C@@H]2C[C@@]2(C(=O)NS(=O)(=O)C2CC2)NC(=O)[C@@H]2C[C@@H](Oc3nccc4c5c(ccc34)OCCO5)CN2C(=O)[C@H]1NC(=O)OC(C)(C)C(F)(F)F. The Hall–Kier alpha value is -4.81. The fourth-order valence-corrected chi connectivity index (χ4v) is 9.52. The number of nitrogens with zero attached hydrogens (tertiary/aromatic N) is 2.